The molecule has 49 heavy (non-hydrogen) atoms. The van der Waals surface area contributed by atoms with Crippen LogP contribution in [0, 0.1) is 0 Å². The van der Waals surface area contributed by atoms with E-state index in [0.29, 0.717) is 26.1 Å². The smallest absolute Gasteiger partial charge is 0.481 e. The summed E-state index contributed by atoms with van der Waals surface area (Å²) in [5.74, 6) is -6.75. The van der Waals surface area contributed by atoms with Crippen molar-refractivity contribution in [2.24, 2.45) is 0 Å². The lowest BCUT2D eigenvalue weighted by Gasteiger charge is -2.39. The minimum absolute atomic E-state index is 0.0319. The molecule has 6 N–H and O–H groups in total. The number of aliphatic carboxylic acids is 3. The lowest BCUT2D eigenvalue weighted by atomic mass is 9.84. The number of carbonyl (C=O) groups excluding carboxylic acids is 2. The lowest BCUT2D eigenvalue weighted by Crippen LogP contribution is -2.55. The Labute approximate surface area is 274 Å². The highest BCUT2D eigenvalue weighted by molar-refractivity contribution is 5.89. The topological polar surface area (TPSA) is 202 Å². The van der Waals surface area contributed by atoms with Gasteiger partial charge in [0.15, 0.2) is 0 Å². The molecule has 3 atom stereocenters. The predicted molar refractivity (Wildman–Crippen MR) is 159 cm³/mol. The number of carboxylic acids is 3. The Morgan fingerprint density at radius 2 is 1.57 bits per heavy atom. The SMILES string of the molecule is C[C@H](NC(=O)[C@H]1C[C@@H](c2ccccc2)CCN1CCC(=O)O)C(=O)NCc1cc2cnccc2[nH]1.O=C(O)C(F)(F)F.O=C(O)C(F)(F)F. The number of piperidine rings is 1. The number of rotatable bonds is 9. The first-order chi connectivity index (χ1) is 22.8. The second-order valence-corrected chi connectivity index (χ2v) is 10.6. The van der Waals surface area contributed by atoms with Gasteiger partial charge in [-0.3, -0.25) is 24.3 Å². The van der Waals surface area contributed by atoms with Crippen LogP contribution in [0.3, 0.4) is 0 Å². The molecule has 0 bridgehead atoms. The highest BCUT2D eigenvalue weighted by atomic mass is 19.4. The van der Waals surface area contributed by atoms with Crippen LogP contribution in [0.25, 0.3) is 10.9 Å². The molecule has 3 heterocycles. The third-order valence-corrected chi connectivity index (χ3v) is 7.07. The van der Waals surface area contributed by atoms with E-state index in [1.165, 1.54) is 5.56 Å². The van der Waals surface area contributed by atoms with Crippen LogP contribution >= 0.6 is 0 Å². The summed E-state index contributed by atoms with van der Waals surface area (Å²) in [7, 11) is 0. The van der Waals surface area contributed by atoms with Crippen molar-refractivity contribution < 1.29 is 65.6 Å². The molecule has 1 fully saturated rings. The Bertz CT molecular complexity index is 1530. The Balaban J connectivity index is 0.000000500. The second kappa shape index (κ2) is 17.8. The van der Waals surface area contributed by atoms with E-state index in [0.717, 1.165) is 23.0 Å². The summed E-state index contributed by atoms with van der Waals surface area (Å²) in [5.41, 5.74) is 2.96. The van der Waals surface area contributed by atoms with Gasteiger partial charge in [0.25, 0.3) is 0 Å². The summed E-state index contributed by atoms with van der Waals surface area (Å²) in [5, 5.41) is 30.0. The van der Waals surface area contributed by atoms with E-state index in [-0.39, 0.29) is 24.2 Å². The maximum Gasteiger partial charge on any atom is 0.490 e. The van der Waals surface area contributed by atoms with Crippen molar-refractivity contribution in [1.29, 1.82) is 0 Å². The van der Waals surface area contributed by atoms with E-state index in [1.807, 2.05) is 35.2 Å². The highest BCUT2D eigenvalue weighted by Crippen LogP contribution is 2.32. The molecule has 19 heteroatoms. The van der Waals surface area contributed by atoms with Crippen LogP contribution in [0.1, 0.15) is 43.4 Å². The molecule has 1 saturated heterocycles. The second-order valence-electron chi connectivity index (χ2n) is 10.6. The van der Waals surface area contributed by atoms with Gasteiger partial charge in [0.2, 0.25) is 11.8 Å². The van der Waals surface area contributed by atoms with Crippen LogP contribution in [-0.2, 0) is 30.5 Å². The molecule has 0 aliphatic carbocycles. The number of carboxylic acid groups (broad SMARTS) is 3. The molecule has 1 aliphatic heterocycles. The van der Waals surface area contributed by atoms with E-state index in [4.69, 9.17) is 24.9 Å². The van der Waals surface area contributed by atoms with E-state index in [1.54, 1.807) is 19.3 Å². The monoisotopic (exact) mass is 705 g/mol. The van der Waals surface area contributed by atoms with Crippen molar-refractivity contribution in [3.63, 3.8) is 0 Å². The number of pyridine rings is 1. The number of aromatic amines is 1. The number of benzene rings is 1. The van der Waals surface area contributed by atoms with Crippen molar-refractivity contribution in [3.05, 3.63) is 66.1 Å². The van der Waals surface area contributed by atoms with Crippen LogP contribution in [0.5, 0.6) is 0 Å². The number of alkyl halides is 6. The third kappa shape index (κ3) is 13.4. The van der Waals surface area contributed by atoms with E-state index in [9.17, 15) is 40.7 Å². The van der Waals surface area contributed by atoms with Crippen molar-refractivity contribution >= 4 is 40.6 Å². The number of halogens is 6. The number of carbonyl (C=O) groups is 5. The van der Waals surface area contributed by atoms with Gasteiger partial charge in [-0.1, -0.05) is 30.3 Å². The largest absolute Gasteiger partial charge is 0.490 e. The number of aromatic nitrogens is 2. The summed E-state index contributed by atoms with van der Waals surface area (Å²) in [4.78, 5) is 64.1. The zero-order valence-corrected chi connectivity index (χ0v) is 25.7. The molecule has 3 aromatic rings. The molecule has 0 saturated carbocycles. The highest BCUT2D eigenvalue weighted by Gasteiger charge is 2.39. The molecular weight excluding hydrogens is 672 g/mol. The summed E-state index contributed by atoms with van der Waals surface area (Å²) in [6.07, 6.45) is -5.32. The quantitative estimate of drug-likeness (QED) is 0.178. The summed E-state index contributed by atoms with van der Waals surface area (Å²) in [6, 6.07) is 12.6. The fourth-order valence-electron chi connectivity index (χ4n) is 4.66. The first-order valence-corrected chi connectivity index (χ1v) is 14.4. The number of likely N-dealkylation sites (tertiary alicyclic amines) is 1. The number of hydrogen-bond donors (Lipinski definition) is 6. The fraction of sp³-hybridized carbons (Fsp3) is 0.400. The Morgan fingerprint density at radius 1 is 0.980 bits per heavy atom. The summed E-state index contributed by atoms with van der Waals surface area (Å²) in [6.45, 7) is 2.88. The Morgan fingerprint density at radius 3 is 2.10 bits per heavy atom. The van der Waals surface area contributed by atoms with Crippen LogP contribution < -0.4 is 10.6 Å². The van der Waals surface area contributed by atoms with E-state index >= 15 is 0 Å². The van der Waals surface area contributed by atoms with Crippen molar-refractivity contribution in [2.75, 3.05) is 13.1 Å². The zero-order chi connectivity index (χ0) is 36.9. The fourth-order valence-corrected chi connectivity index (χ4v) is 4.66. The number of hydrogen-bond acceptors (Lipinski definition) is 7. The molecule has 0 spiro atoms. The third-order valence-electron chi connectivity index (χ3n) is 7.07. The zero-order valence-electron chi connectivity index (χ0n) is 25.7. The van der Waals surface area contributed by atoms with Gasteiger partial charge in [0, 0.05) is 35.5 Å². The average Bonchev–Trinajstić information content (AvgIpc) is 3.45. The first kappa shape index (κ1) is 40.0. The Kier molecular flexibility index (Phi) is 14.5. The summed E-state index contributed by atoms with van der Waals surface area (Å²) < 4.78 is 63.5. The van der Waals surface area contributed by atoms with Gasteiger partial charge in [0.1, 0.15) is 6.04 Å². The molecule has 0 unspecified atom stereocenters. The molecule has 0 radical (unpaired) electrons. The lowest BCUT2D eigenvalue weighted by molar-refractivity contribution is -0.193. The van der Waals surface area contributed by atoms with E-state index in [2.05, 4.69) is 32.7 Å². The average molecular weight is 706 g/mol. The standard InChI is InChI=1S/C26H31N5O4.2C2HF3O2/c1-17(25(34)28-16-21-13-20-15-27-10-7-22(20)30-21)29-26(35)23-14-19(18-5-3-2-4-6-18)8-11-31(23)12-9-24(32)33;2*3-2(4,5)1(6)7/h2-7,10,13,15,17,19,23,30H,8-9,11-12,14,16H2,1H3,(H,28,34)(H,29,35)(H,32,33);2*(H,6,7)/t17-,19-,23+;;/m0../s1. The van der Waals surface area contributed by atoms with Gasteiger partial charge in [-0.2, -0.15) is 26.3 Å². The van der Waals surface area contributed by atoms with Gasteiger partial charge in [-0.25, -0.2) is 9.59 Å². The molecule has 13 nitrogen and oxygen atoms in total. The molecule has 2 amide bonds. The van der Waals surface area contributed by atoms with Gasteiger partial charge < -0.3 is 30.9 Å². The normalized spacial score (nSPS) is 17.0. The van der Waals surface area contributed by atoms with Crippen LogP contribution in [-0.4, -0.2) is 97.4 Å². The molecule has 268 valence electrons. The summed E-state index contributed by atoms with van der Waals surface area (Å²) >= 11 is 0. The first-order valence-electron chi connectivity index (χ1n) is 14.4. The minimum atomic E-state index is -5.08. The van der Waals surface area contributed by atoms with Crippen LogP contribution in [0.2, 0.25) is 0 Å². The molecule has 1 aliphatic rings. The molecular formula is C30H33F6N5O8. The predicted octanol–water partition coefficient (Wildman–Crippen LogP) is 3.67. The van der Waals surface area contributed by atoms with E-state index < -0.39 is 42.3 Å². The van der Waals surface area contributed by atoms with Crippen molar-refractivity contribution in [3.8, 4) is 0 Å². The van der Waals surface area contributed by atoms with Crippen LogP contribution in [0.4, 0.5) is 26.3 Å². The van der Waals surface area contributed by atoms with Gasteiger partial charge in [-0.05, 0) is 49.9 Å². The van der Waals surface area contributed by atoms with Crippen molar-refractivity contribution in [2.45, 2.75) is 63.1 Å². The molecule has 2 aromatic heterocycles. The van der Waals surface area contributed by atoms with Gasteiger partial charge in [-0.15, -0.1) is 0 Å². The van der Waals surface area contributed by atoms with Crippen LogP contribution in [0.15, 0.2) is 54.9 Å². The minimum Gasteiger partial charge on any atom is -0.481 e. The van der Waals surface area contributed by atoms with Gasteiger partial charge in [0.05, 0.1) is 19.0 Å². The molecule has 4 rings (SSSR count). The number of nitrogens with one attached hydrogen (secondary N) is 3. The molecule has 1 aromatic carbocycles. The Hall–Kier alpha value is -5.20. The number of H-pyrrole nitrogens is 1. The van der Waals surface area contributed by atoms with Crippen molar-refractivity contribution in [1.82, 2.24) is 25.5 Å². The maximum absolute atomic E-state index is 13.2. The number of fused-ring (bicyclic) bond motifs is 1. The number of amides is 2. The number of nitrogens with zero attached hydrogens (tertiary/aromatic N) is 2. The van der Waals surface area contributed by atoms with Gasteiger partial charge >= 0.3 is 30.3 Å². The maximum atomic E-state index is 13.2.